The van der Waals surface area contributed by atoms with E-state index in [0.717, 1.165) is 16.6 Å². The molecule has 96 valence electrons. The maximum atomic E-state index is 6.02. The Bertz CT molecular complexity index is 531. The Balaban J connectivity index is 1.97. The third-order valence-corrected chi connectivity index (χ3v) is 3.60. The van der Waals surface area contributed by atoms with Gasteiger partial charge >= 0.3 is 0 Å². The molecule has 0 aliphatic heterocycles. The van der Waals surface area contributed by atoms with Gasteiger partial charge in [-0.2, -0.15) is 0 Å². The number of nitrogens with one attached hydrogen (secondary N) is 1. The lowest BCUT2D eigenvalue weighted by molar-refractivity contribution is 0.310. The van der Waals surface area contributed by atoms with Gasteiger partial charge in [0.2, 0.25) is 0 Å². The lowest BCUT2D eigenvalue weighted by atomic mass is 10.3. The predicted molar refractivity (Wildman–Crippen MR) is 77.1 cm³/mol. The van der Waals surface area contributed by atoms with Crippen molar-refractivity contribution in [2.75, 3.05) is 11.9 Å². The third kappa shape index (κ3) is 3.51. The zero-order valence-corrected chi connectivity index (χ0v) is 12.1. The number of anilines is 1. The first kappa shape index (κ1) is 13.5. The number of benzene rings is 1. The summed E-state index contributed by atoms with van der Waals surface area (Å²) in [6, 6.07) is 5.17. The second-order valence-electron chi connectivity index (χ2n) is 3.53. The topological polar surface area (TPSA) is 34.2 Å². The lowest BCUT2D eigenvalue weighted by Gasteiger charge is -2.06. The van der Waals surface area contributed by atoms with Gasteiger partial charge in [0.05, 0.1) is 9.90 Å². The molecule has 0 aliphatic carbocycles. The first-order valence-corrected chi connectivity index (χ1v) is 7.02. The number of rotatable bonds is 5. The van der Waals surface area contributed by atoms with Crippen molar-refractivity contribution in [3.05, 3.63) is 39.3 Å². The molecule has 0 fully saturated rings. The van der Waals surface area contributed by atoms with Gasteiger partial charge in [0, 0.05) is 17.8 Å². The highest BCUT2D eigenvalue weighted by Crippen LogP contribution is 2.29. The Morgan fingerprint density at radius 2 is 2.22 bits per heavy atom. The van der Waals surface area contributed by atoms with Crippen molar-refractivity contribution >= 4 is 39.7 Å². The fourth-order valence-electron chi connectivity index (χ4n) is 1.35. The van der Waals surface area contributed by atoms with Crippen LogP contribution >= 0.6 is 34.5 Å². The summed E-state index contributed by atoms with van der Waals surface area (Å²) >= 11 is 13.4. The van der Waals surface area contributed by atoms with Gasteiger partial charge in [-0.25, -0.2) is 4.98 Å². The molecule has 0 radical (unpaired) electrons. The average molecular weight is 303 g/mol. The molecule has 2 rings (SSSR count). The minimum absolute atomic E-state index is 0.449. The SMILES string of the molecule is CCNc1ncc(COc2ccc(Cl)cc2Cl)s1. The minimum atomic E-state index is 0.449. The van der Waals surface area contributed by atoms with Crippen LogP contribution in [0.25, 0.3) is 0 Å². The van der Waals surface area contributed by atoms with Crippen LogP contribution in [0.5, 0.6) is 5.75 Å². The van der Waals surface area contributed by atoms with Gasteiger partial charge in [-0.15, -0.1) is 0 Å². The van der Waals surface area contributed by atoms with Gasteiger partial charge in [0.25, 0.3) is 0 Å². The molecule has 1 heterocycles. The zero-order valence-electron chi connectivity index (χ0n) is 9.74. The molecule has 0 atom stereocenters. The van der Waals surface area contributed by atoms with Crippen LogP contribution < -0.4 is 10.1 Å². The van der Waals surface area contributed by atoms with Gasteiger partial charge in [-0.05, 0) is 25.1 Å². The predicted octanol–water partition coefficient (Wildman–Crippen LogP) is 4.46. The maximum absolute atomic E-state index is 6.02. The van der Waals surface area contributed by atoms with E-state index in [0.29, 0.717) is 22.4 Å². The van der Waals surface area contributed by atoms with E-state index in [4.69, 9.17) is 27.9 Å². The van der Waals surface area contributed by atoms with Crippen LogP contribution in [0, 0.1) is 0 Å². The van der Waals surface area contributed by atoms with Crippen molar-refractivity contribution in [1.29, 1.82) is 0 Å². The van der Waals surface area contributed by atoms with Crippen molar-refractivity contribution in [2.45, 2.75) is 13.5 Å². The molecule has 3 nitrogen and oxygen atoms in total. The van der Waals surface area contributed by atoms with Gasteiger partial charge in [0.1, 0.15) is 12.4 Å². The van der Waals surface area contributed by atoms with Gasteiger partial charge in [-0.1, -0.05) is 34.5 Å². The van der Waals surface area contributed by atoms with Gasteiger partial charge < -0.3 is 10.1 Å². The first-order chi connectivity index (χ1) is 8.69. The van der Waals surface area contributed by atoms with Crippen LogP contribution in [0.4, 0.5) is 5.13 Å². The largest absolute Gasteiger partial charge is 0.486 e. The number of nitrogens with zero attached hydrogens (tertiary/aromatic N) is 1. The second kappa shape index (κ2) is 6.27. The number of aromatic nitrogens is 1. The number of ether oxygens (including phenoxy) is 1. The molecule has 18 heavy (non-hydrogen) atoms. The smallest absolute Gasteiger partial charge is 0.182 e. The molecule has 1 aromatic heterocycles. The number of halogens is 2. The molecule has 2 aromatic rings. The van der Waals surface area contributed by atoms with E-state index >= 15 is 0 Å². The molecule has 1 aromatic carbocycles. The van der Waals surface area contributed by atoms with E-state index in [2.05, 4.69) is 10.3 Å². The van der Waals surface area contributed by atoms with E-state index < -0.39 is 0 Å². The van der Waals surface area contributed by atoms with Crippen molar-refractivity contribution in [3.63, 3.8) is 0 Å². The summed E-state index contributed by atoms with van der Waals surface area (Å²) in [5.74, 6) is 0.625. The Hall–Kier alpha value is -0.970. The molecular formula is C12H12Cl2N2OS. The van der Waals surface area contributed by atoms with Crippen LogP contribution in [-0.4, -0.2) is 11.5 Å². The quantitative estimate of drug-likeness (QED) is 0.885. The molecule has 0 aliphatic rings. The number of hydrogen-bond acceptors (Lipinski definition) is 4. The maximum Gasteiger partial charge on any atom is 0.182 e. The highest BCUT2D eigenvalue weighted by molar-refractivity contribution is 7.15. The van der Waals surface area contributed by atoms with E-state index in [1.807, 2.05) is 6.92 Å². The van der Waals surface area contributed by atoms with E-state index in [-0.39, 0.29) is 0 Å². The summed E-state index contributed by atoms with van der Waals surface area (Å²) in [6.07, 6.45) is 1.80. The molecule has 0 saturated heterocycles. The van der Waals surface area contributed by atoms with Crippen LogP contribution in [0.3, 0.4) is 0 Å². The fourth-order valence-corrected chi connectivity index (χ4v) is 2.60. The van der Waals surface area contributed by atoms with Crippen LogP contribution in [0.2, 0.25) is 10.0 Å². The lowest BCUT2D eigenvalue weighted by Crippen LogP contribution is -1.94. The fraction of sp³-hybridized carbons (Fsp3) is 0.250. The first-order valence-electron chi connectivity index (χ1n) is 5.45. The Labute approximate surface area is 120 Å². The van der Waals surface area contributed by atoms with Crippen molar-refractivity contribution < 1.29 is 4.74 Å². The normalized spacial score (nSPS) is 10.4. The average Bonchev–Trinajstić information content (AvgIpc) is 2.76. The molecule has 0 spiro atoms. The molecular weight excluding hydrogens is 291 g/mol. The second-order valence-corrected chi connectivity index (χ2v) is 5.48. The van der Waals surface area contributed by atoms with Crippen molar-refractivity contribution in [3.8, 4) is 5.75 Å². The summed E-state index contributed by atoms with van der Waals surface area (Å²) in [5.41, 5.74) is 0. The summed E-state index contributed by atoms with van der Waals surface area (Å²) in [7, 11) is 0. The summed E-state index contributed by atoms with van der Waals surface area (Å²) in [6.45, 7) is 3.34. The minimum Gasteiger partial charge on any atom is -0.486 e. The zero-order chi connectivity index (χ0) is 13.0. The highest BCUT2D eigenvalue weighted by Gasteiger charge is 2.05. The van der Waals surface area contributed by atoms with E-state index in [1.165, 1.54) is 0 Å². The van der Waals surface area contributed by atoms with Crippen molar-refractivity contribution in [2.24, 2.45) is 0 Å². The number of hydrogen-bond donors (Lipinski definition) is 1. The molecule has 0 bridgehead atoms. The monoisotopic (exact) mass is 302 g/mol. The van der Waals surface area contributed by atoms with Crippen LogP contribution in [-0.2, 0) is 6.61 Å². The summed E-state index contributed by atoms with van der Waals surface area (Å²) in [4.78, 5) is 5.27. The summed E-state index contributed by atoms with van der Waals surface area (Å²) in [5, 5.41) is 5.16. The highest BCUT2D eigenvalue weighted by atomic mass is 35.5. The Kier molecular flexibility index (Phi) is 4.69. The van der Waals surface area contributed by atoms with E-state index in [1.54, 1.807) is 35.7 Å². The molecule has 0 unspecified atom stereocenters. The summed E-state index contributed by atoms with van der Waals surface area (Å²) < 4.78 is 5.62. The molecule has 1 N–H and O–H groups in total. The van der Waals surface area contributed by atoms with Gasteiger partial charge in [0.15, 0.2) is 5.13 Å². The molecule has 0 amide bonds. The van der Waals surface area contributed by atoms with Crippen LogP contribution in [0.15, 0.2) is 24.4 Å². The third-order valence-electron chi connectivity index (χ3n) is 2.15. The van der Waals surface area contributed by atoms with Crippen LogP contribution in [0.1, 0.15) is 11.8 Å². The van der Waals surface area contributed by atoms with Crippen molar-refractivity contribution in [1.82, 2.24) is 4.98 Å². The Morgan fingerprint density at radius 1 is 1.39 bits per heavy atom. The standard InChI is InChI=1S/C12H12Cl2N2OS/c1-2-15-12-16-6-9(18-12)7-17-11-4-3-8(13)5-10(11)14/h3-6H,2,7H2,1H3,(H,15,16). The number of thiazole rings is 1. The van der Waals surface area contributed by atoms with Gasteiger partial charge in [-0.3, -0.25) is 0 Å². The Morgan fingerprint density at radius 3 is 2.94 bits per heavy atom. The molecule has 0 saturated carbocycles. The van der Waals surface area contributed by atoms with E-state index in [9.17, 15) is 0 Å². The molecule has 6 heteroatoms.